The van der Waals surface area contributed by atoms with E-state index in [0.29, 0.717) is 5.25 Å². The smallest absolute Gasteiger partial charge is 0.166 e. The third-order valence-corrected chi connectivity index (χ3v) is 5.20. The Labute approximate surface area is 129 Å². The molecule has 3 rings (SSSR count). The number of imidazole rings is 1. The molecule has 1 N–H and O–H groups in total. The second-order valence-electron chi connectivity index (χ2n) is 5.65. The zero-order chi connectivity index (χ0) is 14.7. The molecule has 0 aliphatic heterocycles. The highest BCUT2D eigenvalue weighted by atomic mass is 32.2. The molecule has 1 heterocycles. The van der Waals surface area contributed by atoms with Crippen LogP contribution in [0.2, 0.25) is 0 Å². The third kappa shape index (κ3) is 3.48. The molecule has 0 saturated heterocycles. The van der Waals surface area contributed by atoms with Gasteiger partial charge in [0.25, 0.3) is 0 Å². The van der Waals surface area contributed by atoms with Gasteiger partial charge in [-0.3, -0.25) is 0 Å². The summed E-state index contributed by atoms with van der Waals surface area (Å²) in [6.07, 6.45) is 4.02. The summed E-state index contributed by atoms with van der Waals surface area (Å²) in [6.45, 7) is 2.09. The molecule has 1 saturated carbocycles. The summed E-state index contributed by atoms with van der Waals surface area (Å²) in [6, 6.07) is 12.8. The van der Waals surface area contributed by atoms with Crippen LogP contribution in [0.25, 0.3) is 0 Å². The van der Waals surface area contributed by atoms with Crippen molar-refractivity contribution in [1.29, 1.82) is 5.26 Å². The van der Waals surface area contributed by atoms with E-state index in [0.717, 1.165) is 42.2 Å². The van der Waals surface area contributed by atoms with Crippen LogP contribution in [-0.2, 0) is 6.42 Å². The number of benzene rings is 1. The van der Waals surface area contributed by atoms with Crippen molar-refractivity contribution in [1.82, 2.24) is 9.97 Å². The summed E-state index contributed by atoms with van der Waals surface area (Å²) in [5.41, 5.74) is 3.56. The van der Waals surface area contributed by atoms with Crippen molar-refractivity contribution < 1.29 is 0 Å². The molecule has 0 amide bonds. The number of nitriles is 1. The highest BCUT2D eigenvalue weighted by Crippen LogP contribution is 2.36. The lowest BCUT2D eigenvalue weighted by Crippen LogP contribution is -1.97. The van der Waals surface area contributed by atoms with Gasteiger partial charge in [0.05, 0.1) is 11.8 Å². The van der Waals surface area contributed by atoms with E-state index in [4.69, 9.17) is 10.2 Å². The summed E-state index contributed by atoms with van der Waals surface area (Å²) in [5, 5.41) is 10.5. The Balaban J connectivity index is 1.66. The first-order valence-corrected chi connectivity index (χ1v) is 8.28. The summed E-state index contributed by atoms with van der Waals surface area (Å²) >= 11 is 1.80. The number of rotatable bonds is 4. The Morgan fingerprint density at radius 2 is 2.14 bits per heavy atom. The average molecular weight is 297 g/mol. The van der Waals surface area contributed by atoms with Crippen LogP contribution in [0.4, 0.5) is 0 Å². The quantitative estimate of drug-likeness (QED) is 0.924. The number of aryl methyl sites for hydroxylation is 1. The topological polar surface area (TPSA) is 52.5 Å². The van der Waals surface area contributed by atoms with Gasteiger partial charge in [-0.2, -0.15) is 5.26 Å². The van der Waals surface area contributed by atoms with Crippen LogP contribution in [0.15, 0.2) is 35.5 Å². The van der Waals surface area contributed by atoms with Crippen molar-refractivity contribution in [3.8, 4) is 6.07 Å². The molecule has 1 aliphatic rings. The maximum Gasteiger partial charge on any atom is 0.166 e. The maximum absolute atomic E-state index is 8.98. The molecule has 1 aromatic heterocycles. The van der Waals surface area contributed by atoms with Gasteiger partial charge in [-0.15, -0.1) is 0 Å². The molecule has 3 nitrogen and oxygen atoms in total. The van der Waals surface area contributed by atoms with Gasteiger partial charge in [-0.05, 0) is 31.7 Å². The van der Waals surface area contributed by atoms with E-state index >= 15 is 0 Å². The number of aromatic amines is 1. The second kappa shape index (κ2) is 6.36. The fourth-order valence-electron chi connectivity index (χ4n) is 2.81. The predicted octanol–water partition coefficient (Wildman–Crippen LogP) is 4.09. The standard InChI is InChI=1S/C17H19N3S/c1-12-16(10-13-5-3-2-4-6-13)20-17(19-12)21-15-8-7-14(9-15)11-18/h2-6,14-15H,7-10H2,1H3,(H,19,20)/t14-,15-/m1/s1. The molecule has 0 unspecified atom stereocenters. The van der Waals surface area contributed by atoms with Crippen LogP contribution < -0.4 is 0 Å². The van der Waals surface area contributed by atoms with Gasteiger partial charge in [-0.25, -0.2) is 4.98 Å². The van der Waals surface area contributed by atoms with Crippen molar-refractivity contribution in [3.05, 3.63) is 47.3 Å². The van der Waals surface area contributed by atoms with Crippen LogP contribution in [0.5, 0.6) is 0 Å². The zero-order valence-corrected chi connectivity index (χ0v) is 13.0. The molecule has 4 heteroatoms. The van der Waals surface area contributed by atoms with Gasteiger partial charge >= 0.3 is 0 Å². The number of aromatic nitrogens is 2. The summed E-state index contributed by atoms with van der Waals surface area (Å²) in [5.74, 6) is 0.238. The first-order chi connectivity index (χ1) is 10.2. The van der Waals surface area contributed by atoms with Crippen molar-refractivity contribution in [2.24, 2.45) is 5.92 Å². The average Bonchev–Trinajstić information content (AvgIpc) is 3.08. The van der Waals surface area contributed by atoms with Crippen LogP contribution in [0, 0.1) is 24.2 Å². The van der Waals surface area contributed by atoms with Gasteiger partial charge in [-0.1, -0.05) is 42.1 Å². The number of thioether (sulfide) groups is 1. The monoisotopic (exact) mass is 297 g/mol. The van der Waals surface area contributed by atoms with Gasteiger partial charge < -0.3 is 4.98 Å². The minimum atomic E-state index is 0.238. The molecule has 0 bridgehead atoms. The van der Waals surface area contributed by atoms with Crippen LogP contribution >= 0.6 is 11.8 Å². The van der Waals surface area contributed by atoms with Gasteiger partial charge in [0, 0.05) is 23.3 Å². The lowest BCUT2D eigenvalue weighted by molar-refractivity contribution is 0.703. The molecule has 1 aromatic carbocycles. The predicted molar refractivity (Wildman–Crippen MR) is 85.2 cm³/mol. The normalized spacial score (nSPS) is 21.3. The molecule has 108 valence electrons. The van der Waals surface area contributed by atoms with E-state index < -0.39 is 0 Å². The zero-order valence-electron chi connectivity index (χ0n) is 12.2. The summed E-state index contributed by atoms with van der Waals surface area (Å²) < 4.78 is 0. The lowest BCUT2D eigenvalue weighted by atomic mass is 10.1. The molecule has 21 heavy (non-hydrogen) atoms. The van der Waals surface area contributed by atoms with E-state index in [1.807, 2.05) is 6.07 Å². The fraction of sp³-hybridized carbons (Fsp3) is 0.412. The molecule has 0 radical (unpaired) electrons. The molecule has 2 aromatic rings. The molecule has 1 fully saturated rings. The number of hydrogen-bond acceptors (Lipinski definition) is 3. The summed E-state index contributed by atoms with van der Waals surface area (Å²) in [4.78, 5) is 8.14. The molecule has 0 spiro atoms. The van der Waals surface area contributed by atoms with E-state index in [-0.39, 0.29) is 5.92 Å². The van der Waals surface area contributed by atoms with Gasteiger partial charge in [0.1, 0.15) is 0 Å². The van der Waals surface area contributed by atoms with Crippen molar-refractivity contribution in [2.75, 3.05) is 0 Å². The van der Waals surface area contributed by atoms with Gasteiger partial charge in [0.15, 0.2) is 5.16 Å². The van der Waals surface area contributed by atoms with E-state index in [9.17, 15) is 0 Å². The van der Waals surface area contributed by atoms with Crippen molar-refractivity contribution in [3.63, 3.8) is 0 Å². The highest BCUT2D eigenvalue weighted by molar-refractivity contribution is 7.99. The Morgan fingerprint density at radius 1 is 1.33 bits per heavy atom. The Bertz CT molecular complexity index is 642. The second-order valence-corrected chi connectivity index (χ2v) is 6.94. The van der Waals surface area contributed by atoms with E-state index in [1.165, 1.54) is 5.56 Å². The number of hydrogen-bond donors (Lipinski definition) is 1. The first-order valence-electron chi connectivity index (χ1n) is 7.40. The van der Waals surface area contributed by atoms with Crippen LogP contribution in [-0.4, -0.2) is 15.2 Å². The highest BCUT2D eigenvalue weighted by Gasteiger charge is 2.26. The Hall–Kier alpha value is -1.73. The summed E-state index contributed by atoms with van der Waals surface area (Å²) in [7, 11) is 0. The number of nitrogens with one attached hydrogen (secondary N) is 1. The minimum Gasteiger partial charge on any atom is -0.337 e. The Kier molecular flexibility index (Phi) is 4.31. The minimum absolute atomic E-state index is 0.238. The Morgan fingerprint density at radius 3 is 2.86 bits per heavy atom. The molecule has 1 aliphatic carbocycles. The van der Waals surface area contributed by atoms with Crippen molar-refractivity contribution in [2.45, 2.75) is 43.0 Å². The molecule has 2 atom stereocenters. The molecular weight excluding hydrogens is 278 g/mol. The van der Waals surface area contributed by atoms with E-state index in [1.54, 1.807) is 11.8 Å². The maximum atomic E-state index is 8.98. The molecular formula is C17H19N3S. The fourth-order valence-corrected chi connectivity index (χ4v) is 4.08. The number of H-pyrrole nitrogens is 1. The largest absolute Gasteiger partial charge is 0.337 e. The van der Waals surface area contributed by atoms with Gasteiger partial charge in [0.2, 0.25) is 0 Å². The number of nitrogens with zero attached hydrogens (tertiary/aromatic N) is 2. The van der Waals surface area contributed by atoms with Crippen molar-refractivity contribution >= 4 is 11.8 Å². The van der Waals surface area contributed by atoms with E-state index in [2.05, 4.69) is 42.2 Å². The van der Waals surface area contributed by atoms with Crippen LogP contribution in [0.1, 0.15) is 36.2 Å². The van der Waals surface area contributed by atoms with Crippen LogP contribution in [0.3, 0.4) is 0 Å². The first kappa shape index (κ1) is 14.2. The SMILES string of the molecule is Cc1[nH]c(S[C@@H]2CC[C@@H](C#N)C2)nc1Cc1ccccc1. The third-order valence-electron chi connectivity index (χ3n) is 4.02. The lowest BCUT2D eigenvalue weighted by Gasteiger charge is -2.05.